The molecule has 0 unspecified atom stereocenters. The Kier molecular flexibility index (Phi) is 6.53. The fourth-order valence-electron chi connectivity index (χ4n) is 7.96. The highest BCUT2D eigenvalue weighted by Gasteiger charge is 2.20. The molecule has 0 spiro atoms. The number of hydrogen-bond acceptors (Lipinski definition) is 1. The van der Waals surface area contributed by atoms with Crippen LogP contribution in [0.2, 0.25) is 0 Å². The summed E-state index contributed by atoms with van der Waals surface area (Å²) in [5, 5.41) is 10.1. The number of aromatic nitrogens is 1. The fraction of sp³-hybridized carbons (Fsp3) is 0. The minimum absolute atomic E-state index is 1.09. The molecule has 0 atom stereocenters. The summed E-state index contributed by atoms with van der Waals surface area (Å²) >= 11 is 0. The molecule has 0 bridgehead atoms. The number of benzene rings is 9. The second kappa shape index (κ2) is 11.5. The lowest BCUT2D eigenvalue weighted by Gasteiger charge is -2.29. The minimum atomic E-state index is 1.09. The van der Waals surface area contributed by atoms with Crippen LogP contribution >= 0.6 is 0 Å². The quantitative estimate of drug-likeness (QED) is 0.171. The van der Waals surface area contributed by atoms with E-state index in [0.29, 0.717) is 0 Å². The molecule has 10 rings (SSSR count). The van der Waals surface area contributed by atoms with E-state index in [4.69, 9.17) is 0 Å². The molecule has 0 N–H and O–H groups in total. The number of nitrogens with zero attached hydrogens (tertiary/aromatic N) is 2. The summed E-state index contributed by atoms with van der Waals surface area (Å²) in [5.74, 6) is 0. The summed E-state index contributed by atoms with van der Waals surface area (Å²) in [6.07, 6.45) is 0. The van der Waals surface area contributed by atoms with Gasteiger partial charge in [0.05, 0.1) is 16.7 Å². The Hall–Kier alpha value is -6.64. The van der Waals surface area contributed by atoms with E-state index >= 15 is 0 Å². The van der Waals surface area contributed by atoms with E-state index < -0.39 is 0 Å². The number of rotatable bonds is 5. The van der Waals surface area contributed by atoms with Crippen molar-refractivity contribution in [1.82, 2.24) is 4.57 Å². The van der Waals surface area contributed by atoms with Gasteiger partial charge in [-0.1, -0.05) is 146 Å². The van der Waals surface area contributed by atoms with Gasteiger partial charge in [-0.2, -0.15) is 0 Å². The van der Waals surface area contributed by atoms with Crippen LogP contribution in [0.1, 0.15) is 0 Å². The lowest BCUT2D eigenvalue weighted by atomic mass is 9.93. The molecule has 10 aromatic rings. The van der Waals surface area contributed by atoms with Gasteiger partial charge in [0.15, 0.2) is 0 Å². The molecule has 0 saturated heterocycles. The Bertz CT molecular complexity index is 2790. The molecular weight excluding hydrogens is 605 g/mol. The first-order valence-corrected chi connectivity index (χ1v) is 17.2. The molecule has 0 aliphatic carbocycles. The predicted molar refractivity (Wildman–Crippen MR) is 213 cm³/mol. The van der Waals surface area contributed by atoms with Crippen LogP contribution in [0, 0.1) is 0 Å². The molecule has 1 heterocycles. The summed E-state index contributed by atoms with van der Waals surface area (Å²) in [7, 11) is 0. The van der Waals surface area contributed by atoms with Gasteiger partial charge >= 0.3 is 0 Å². The van der Waals surface area contributed by atoms with Crippen molar-refractivity contribution in [3.8, 4) is 16.8 Å². The summed E-state index contributed by atoms with van der Waals surface area (Å²) in [4.78, 5) is 2.43. The molecule has 9 aromatic carbocycles. The molecule has 2 nitrogen and oxygen atoms in total. The number of hydrogen-bond donors (Lipinski definition) is 0. The predicted octanol–water partition coefficient (Wildman–Crippen LogP) is 13.4. The average molecular weight is 637 g/mol. The third-order valence-corrected chi connectivity index (χ3v) is 10.1. The maximum Gasteiger partial charge on any atom is 0.0541 e. The fourth-order valence-corrected chi connectivity index (χ4v) is 7.96. The van der Waals surface area contributed by atoms with Crippen molar-refractivity contribution < 1.29 is 0 Å². The zero-order chi connectivity index (χ0) is 33.0. The van der Waals surface area contributed by atoms with Gasteiger partial charge in [-0.25, -0.2) is 0 Å². The smallest absolute Gasteiger partial charge is 0.0541 e. The zero-order valence-corrected chi connectivity index (χ0v) is 27.4. The Morgan fingerprint density at radius 1 is 0.320 bits per heavy atom. The standard InChI is InChI=1S/C48H32N2/c1-2-15-33(16-3-1)37-19-8-11-26-46(37)49(36-29-30-42-40-22-5-4-20-38(40)39-21-6-7-23-41(39)45(42)32-36)34-17-14-18-35(31-34)50-47-27-12-9-24-43(47)44-25-10-13-28-48(44)50/h1-32H. The molecule has 1 aromatic heterocycles. The van der Waals surface area contributed by atoms with Gasteiger partial charge in [0.25, 0.3) is 0 Å². The monoisotopic (exact) mass is 636 g/mol. The molecule has 0 amide bonds. The van der Waals surface area contributed by atoms with Crippen LogP contribution in [0.5, 0.6) is 0 Å². The Balaban J connectivity index is 1.26. The van der Waals surface area contributed by atoms with Gasteiger partial charge in [-0.05, 0) is 86.4 Å². The molecule has 0 saturated carbocycles. The van der Waals surface area contributed by atoms with Gasteiger partial charge in [0.2, 0.25) is 0 Å². The van der Waals surface area contributed by atoms with Gasteiger partial charge in [-0.15, -0.1) is 0 Å². The van der Waals surface area contributed by atoms with Crippen molar-refractivity contribution in [3.63, 3.8) is 0 Å². The summed E-state index contributed by atoms with van der Waals surface area (Å²) < 4.78 is 2.40. The van der Waals surface area contributed by atoms with Crippen LogP contribution in [-0.4, -0.2) is 4.57 Å². The highest BCUT2D eigenvalue weighted by Crippen LogP contribution is 2.44. The number of fused-ring (bicyclic) bond motifs is 9. The molecule has 0 aliphatic rings. The molecule has 2 heteroatoms. The Morgan fingerprint density at radius 3 is 1.48 bits per heavy atom. The van der Waals surface area contributed by atoms with E-state index in [9.17, 15) is 0 Å². The first kappa shape index (κ1) is 28.4. The van der Waals surface area contributed by atoms with Gasteiger partial charge in [0.1, 0.15) is 0 Å². The van der Waals surface area contributed by atoms with Crippen LogP contribution < -0.4 is 4.90 Å². The minimum Gasteiger partial charge on any atom is -0.310 e. The SMILES string of the molecule is c1ccc(-c2ccccc2N(c2cccc(-n3c4ccccc4c4ccccc43)c2)c2ccc3c4ccccc4c4ccccc4c3c2)cc1. The molecule has 0 radical (unpaired) electrons. The molecular formula is C48H32N2. The van der Waals surface area contributed by atoms with Crippen LogP contribution in [-0.2, 0) is 0 Å². The maximum absolute atomic E-state index is 2.43. The molecule has 0 aliphatic heterocycles. The van der Waals surface area contributed by atoms with Crippen molar-refractivity contribution in [2.45, 2.75) is 0 Å². The highest BCUT2D eigenvalue weighted by molar-refractivity contribution is 6.25. The lowest BCUT2D eigenvalue weighted by molar-refractivity contribution is 1.17. The lowest BCUT2D eigenvalue weighted by Crippen LogP contribution is -2.12. The van der Waals surface area contributed by atoms with E-state index in [0.717, 1.165) is 22.7 Å². The summed E-state index contributed by atoms with van der Waals surface area (Å²) in [6, 6.07) is 70.5. The Morgan fingerprint density at radius 2 is 0.820 bits per heavy atom. The average Bonchev–Trinajstić information content (AvgIpc) is 3.53. The second-order valence-corrected chi connectivity index (χ2v) is 12.9. The van der Waals surface area contributed by atoms with Gasteiger partial charge < -0.3 is 9.47 Å². The maximum atomic E-state index is 2.43. The van der Waals surface area contributed by atoms with E-state index in [-0.39, 0.29) is 0 Å². The zero-order valence-electron chi connectivity index (χ0n) is 27.4. The summed E-state index contributed by atoms with van der Waals surface area (Å²) in [6.45, 7) is 0. The third kappa shape index (κ3) is 4.43. The summed E-state index contributed by atoms with van der Waals surface area (Å²) in [5.41, 5.74) is 9.22. The van der Waals surface area contributed by atoms with Crippen LogP contribution in [0.15, 0.2) is 194 Å². The number of para-hydroxylation sites is 3. The van der Waals surface area contributed by atoms with Crippen LogP contribution in [0.3, 0.4) is 0 Å². The van der Waals surface area contributed by atoms with Crippen LogP contribution in [0.4, 0.5) is 17.1 Å². The van der Waals surface area contributed by atoms with Crippen molar-refractivity contribution in [1.29, 1.82) is 0 Å². The van der Waals surface area contributed by atoms with Crippen LogP contribution in [0.25, 0.3) is 70.9 Å². The molecule has 0 fully saturated rings. The van der Waals surface area contributed by atoms with Gasteiger partial charge in [0, 0.05) is 33.4 Å². The van der Waals surface area contributed by atoms with Crippen molar-refractivity contribution in [2.24, 2.45) is 0 Å². The highest BCUT2D eigenvalue weighted by atomic mass is 15.1. The first-order chi connectivity index (χ1) is 24.8. The Labute approximate surface area is 290 Å². The normalized spacial score (nSPS) is 11.6. The second-order valence-electron chi connectivity index (χ2n) is 12.9. The van der Waals surface area contributed by atoms with Gasteiger partial charge in [-0.3, -0.25) is 0 Å². The van der Waals surface area contributed by atoms with Crippen molar-refractivity contribution >= 4 is 71.2 Å². The van der Waals surface area contributed by atoms with Crippen molar-refractivity contribution in [3.05, 3.63) is 194 Å². The van der Waals surface area contributed by atoms with E-state index in [1.165, 1.54) is 65.3 Å². The van der Waals surface area contributed by atoms with E-state index in [1.54, 1.807) is 0 Å². The molecule has 50 heavy (non-hydrogen) atoms. The largest absolute Gasteiger partial charge is 0.310 e. The topological polar surface area (TPSA) is 8.17 Å². The molecule has 234 valence electrons. The first-order valence-electron chi connectivity index (χ1n) is 17.2. The van der Waals surface area contributed by atoms with E-state index in [1.807, 2.05) is 0 Å². The number of anilines is 3. The third-order valence-electron chi connectivity index (χ3n) is 10.1. The van der Waals surface area contributed by atoms with Crippen molar-refractivity contribution in [2.75, 3.05) is 4.90 Å². The van der Waals surface area contributed by atoms with E-state index in [2.05, 4.69) is 204 Å².